The minimum atomic E-state index is 1.18. The topological polar surface area (TPSA) is 0 Å². The maximum atomic E-state index is 2.31. The molecular weight excluding hydrogens is 208 g/mol. The van der Waals surface area contributed by atoms with Crippen LogP contribution >= 0.6 is 23.1 Å². The molecular formula is C12H20S2. The SMILES string of the molecule is CCCCCCc1ccc(CSC)s1. The van der Waals surface area contributed by atoms with E-state index in [1.54, 1.807) is 4.88 Å². The van der Waals surface area contributed by atoms with E-state index < -0.39 is 0 Å². The van der Waals surface area contributed by atoms with Gasteiger partial charge in [0.1, 0.15) is 0 Å². The molecule has 1 rings (SSSR count). The Kier molecular flexibility index (Phi) is 6.37. The van der Waals surface area contributed by atoms with E-state index in [1.807, 2.05) is 23.1 Å². The van der Waals surface area contributed by atoms with Gasteiger partial charge in [-0.05, 0) is 31.2 Å². The highest BCUT2D eigenvalue weighted by atomic mass is 32.2. The van der Waals surface area contributed by atoms with Gasteiger partial charge in [-0.25, -0.2) is 0 Å². The predicted octanol–water partition coefficient (Wildman–Crippen LogP) is 4.73. The van der Waals surface area contributed by atoms with E-state index in [-0.39, 0.29) is 0 Å². The van der Waals surface area contributed by atoms with Crippen molar-refractivity contribution in [1.29, 1.82) is 0 Å². The number of thiophene rings is 1. The Morgan fingerprint density at radius 3 is 2.64 bits per heavy atom. The van der Waals surface area contributed by atoms with Crippen molar-refractivity contribution in [3.8, 4) is 0 Å². The molecule has 0 saturated heterocycles. The molecule has 0 radical (unpaired) electrons. The molecule has 0 aliphatic heterocycles. The van der Waals surface area contributed by atoms with E-state index >= 15 is 0 Å². The summed E-state index contributed by atoms with van der Waals surface area (Å²) in [5.41, 5.74) is 0. The lowest BCUT2D eigenvalue weighted by molar-refractivity contribution is 0.670. The van der Waals surface area contributed by atoms with Gasteiger partial charge in [0.15, 0.2) is 0 Å². The van der Waals surface area contributed by atoms with Gasteiger partial charge < -0.3 is 0 Å². The molecule has 0 N–H and O–H groups in total. The average molecular weight is 228 g/mol. The first-order valence-electron chi connectivity index (χ1n) is 5.43. The molecule has 0 fully saturated rings. The van der Waals surface area contributed by atoms with Crippen LogP contribution in [0.4, 0.5) is 0 Å². The fourth-order valence-electron chi connectivity index (χ4n) is 1.50. The largest absolute Gasteiger partial charge is 0.160 e. The van der Waals surface area contributed by atoms with E-state index in [9.17, 15) is 0 Å². The maximum Gasteiger partial charge on any atom is 0.0276 e. The van der Waals surface area contributed by atoms with Gasteiger partial charge in [-0.2, -0.15) is 11.8 Å². The first-order valence-corrected chi connectivity index (χ1v) is 7.64. The van der Waals surface area contributed by atoms with Crippen LogP contribution in [0.2, 0.25) is 0 Å². The summed E-state index contributed by atoms with van der Waals surface area (Å²) in [4.78, 5) is 3.10. The summed E-state index contributed by atoms with van der Waals surface area (Å²) in [6, 6.07) is 4.60. The standard InChI is InChI=1S/C12H20S2/c1-3-4-5-6-7-11-8-9-12(14-11)10-13-2/h8-9H,3-7,10H2,1-2H3. The maximum absolute atomic E-state index is 2.31. The molecule has 1 heterocycles. The highest BCUT2D eigenvalue weighted by Crippen LogP contribution is 2.22. The van der Waals surface area contributed by atoms with E-state index in [0.717, 1.165) is 0 Å². The van der Waals surface area contributed by atoms with Crippen LogP contribution in [-0.2, 0) is 12.2 Å². The Morgan fingerprint density at radius 2 is 1.93 bits per heavy atom. The van der Waals surface area contributed by atoms with Gasteiger partial charge in [0.25, 0.3) is 0 Å². The minimum Gasteiger partial charge on any atom is -0.160 e. The number of rotatable bonds is 7. The molecule has 0 atom stereocenters. The van der Waals surface area contributed by atoms with Crippen molar-refractivity contribution in [2.75, 3.05) is 6.26 Å². The summed E-state index contributed by atoms with van der Waals surface area (Å²) in [7, 11) is 0. The van der Waals surface area contributed by atoms with E-state index in [2.05, 4.69) is 25.3 Å². The van der Waals surface area contributed by atoms with Crippen molar-refractivity contribution in [3.05, 3.63) is 21.9 Å². The summed E-state index contributed by atoms with van der Waals surface area (Å²) < 4.78 is 0. The molecule has 0 unspecified atom stereocenters. The summed E-state index contributed by atoms with van der Waals surface area (Å²) >= 11 is 3.91. The van der Waals surface area contributed by atoms with Crippen LogP contribution in [0.1, 0.15) is 42.4 Å². The predicted molar refractivity (Wildman–Crippen MR) is 69.4 cm³/mol. The van der Waals surface area contributed by atoms with Crippen molar-refractivity contribution in [2.45, 2.75) is 44.8 Å². The van der Waals surface area contributed by atoms with Gasteiger partial charge in [-0.1, -0.05) is 26.2 Å². The lowest BCUT2D eigenvalue weighted by atomic mass is 10.1. The summed E-state index contributed by atoms with van der Waals surface area (Å²) in [6.07, 6.45) is 8.95. The first-order chi connectivity index (χ1) is 6.86. The Hall–Kier alpha value is 0.0500. The van der Waals surface area contributed by atoms with Crippen LogP contribution in [0.5, 0.6) is 0 Å². The summed E-state index contributed by atoms with van der Waals surface area (Å²) in [5, 5.41) is 0. The van der Waals surface area contributed by atoms with Crippen molar-refractivity contribution < 1.29 is 0 Å². The van der Waals surface area contributed by atoms with Crippen LogP contribution in [0.15, 0.2) is 12.1 Å². The molecule has 0 aliphatic rings. The molecule has 14 heavy (non-hydrogen) atoms. The highest BCUT2D eigenvalue weighted by Gasteiger charge is 1.99. The molecule has 80 valence electrons. The average Bonchev–Trinajstić information content (AvgIpc) is 2.61. The number of hydrogen-bond acceptors (Lipinski definition) is 2. The Morgan fingerprint density at radius 1 is 1.14 bits per heavy atom. The normalized spacial score (nSPS) is 10.7. The zero-order valence-corrected chi connectivity index (χ0v) is 10.8. The zero-order chi connectivity index (χ0) is 10.2. The van der Waals surface area contributed by atoms with Gasteiger partial charge in [0.05, 0.1) is 0 Å². The van der Waals surface area contributed by atoms with Gasteiger partial charge in [0, 0.05) is 15.5 Å². The van der Waals surface area contributed by atoms with Crippen molar-refractivity contribution in [1.82, 2.24) is 0 Å². The van der Waals surface area contributed by atoms with Crippen LogP contribution in [0.25, 0.3) is 0 Å². The fraction of sp³-hybridized carbons (Fsp3) is 0.667. The van der Waals surface area contributed by atoms with Crippen LogP contribution in [-0.4, -0.2) is 6.26 Å². The molecule has 0 spiro atoms. The van der Waals surface area contributed by atoms with E-state index in [1.165, 1.54) is 42.7 Å². The quantitative estimate of drug-likeness (QED) is 0.608. The molecule has 0 amide bonds. The molecule has 0 bridgehead atoms. The number of unbranched alkanes of at least 4 members (excludes halogenated alkanes) is 3. The van der Waals surface area contributed by atoms with Gasteiger partial charge in [-0.3, -0.25) is 0 Å². The molecule has 2 heteroatoms. The lowest BCUT2D eigenvalue weighted by Gasteiger charge is -1.96. The Balaban J connectivity index is 2.22. The zero-order valence-electron chi connectivity index (χ0n) is 9.21. The fourth-order valence-corrected chi connectivity index (χ4v) is 3.33. The molecule has 0 saturated carbocycles. The number of hydrogen-bond donors (Lipinski definition) is 0. The van der Waals surface area contributed by atoms with Gasteiger partial charge >= 0.3 is 0 Å². The molecule has 1 aromatic heterocycles. The third-order valence-corrected chi connectivity index (χ3v) is 4.21. The van der Waals surface area contributed by atoms with Crippen LogP contribution in [0, 0.1) is 0 Å². The molecule has 0 aromatic carbocycles. The second-order valence-electron chi connectivity index (χ2n) is 3.61. The summed E-state index contributed by atoms with van der Waals surface area (Å²) in [6.45, 7) is 2.27. The third kappa shape index (κ3) is 4.52. The lowest BCUT2D eigenvalue weighted by Crippen LogP contribution is -1.80. The van der Waals surface area contributed by atoms with E-state index in [0.29, 0.717) is 0 Å². The smallest absolute Gasteiger partial charge is 0.0276 e. The van der Waals surface area contributed by atoms with Gasteiger partial charge in [-0.15, -0.1) is 11.3 Å². The minimum absolute atomic E-state index is 1.18. The van der Waals surface area contributed by atoms with Crippen LogP contribution in [0.3, 0.4) is 0 Å². The molecule has 1 aromatic rings. The number of thioether (sulfide) groups is 1. The van der Waals surface area contributed by atoms with Crippen molar-refractivity contribution >= 4 is 23.1 Å². The highest BCUT2D eigenvalue weighted by molar-refractivity contribution is 7.97. The molecule has 0 nitrogen and oxygen atoms in total. The summed E-state index contributed by atoms with van der Waals surface area (Å²) in [5.74, 6) is 1.18. The Bertz CT molecular complexity index is 240. The first kappa shape index (κ1) is 12.1. The van der Waals surface area contributed by atoms with E-state index in [4.69, 9.17) is 0 Å². The molecule has 0 aliphatic carbocycles. The van der Waals surface area contributed by atoms with Crippen molar-refractivity contribution in [3.63, 3.8) is 0 Å². The van der Waals surface area contributed by atoms with Gasteiger partial charge in [0.2, 0.25) is 0 Å². The number of aryl methyl sites for hydroxylation is 1. The monoisotopic (exact) mass is 228 g/mol. The van der Waals surface area contributed by atoms with Crippen molar-refractivity contribution in [2.24, 2.45) is 0 Å². The second kappa shape index (κ2) is 7.36. The van der Waals surface area contributed by atoms with Crippen LogP contribution < -0.4 is 0 Å². The Labute approximate surface area is 96.1 Å². The second-order valence-corrected chi connectivity index (χ2v) is 5.73. The third-order valence-electron chi connectivity index (χ3n) is 2.28.